The summed E-state index contributed by atoms with van der Waals surface area (Å²) in [5.74, 6) is 0.557. The molecule has 0 radical (unpaired) electrons. The van der Waals surface area contributed by atoms with Gasteiger partial charge >= 0.3 is 0 Å². The molecule has 108 valence electrons. The van der Waals surface area contributed by atoms with Gasteiger partial charge in [0.2, 0.25) is 0 Å². The van der Waals surface area contributed by atoms with E-state index in [9.17, 15) is 4.79 Å². The van der Waals surface area contributed by atoms with Crippen LogP contribution in [0.3, 0.4) is 0 Å². The molecule has 4 nitrogen and oxygen atoms in total. The predicted molar refractivity (Wildman–Crippen MR) is 75.7 cm³/mol. The lowest BCUT2D eigenvalue weighted by Gasteiger charge is -2.07. The van der Waals surface area contributed by atoms with E-state index >= 15 is 0 Å². The predicted octanol–water partition coefficient (Wildman–Crippen LogP) is 2.51. The van der Waals surface area contributed by atoms with E-state index in [0.717, 1.165) is 23.6 Å². The minimum atomic E-state index is 0.0325. The number of ether oxygens (including phenoxy) is 2. The van der Waals surface area contributed by atoms with E-state index < -0.39 is 0 Å². The van der Waals surface area contributed by atoms with E-state index in [-0.39, 0.29) is 12.4 Å². The number of ketones is 1. The largest absolute Gasteiger partial charge is 0.379 e. The Morgan fingerprint density at radius 3 is 2.42 bits per heavy atom. The first kappa shape index (κ1) is 15.9. The molecule has 0 aromatic carbocycles. The first-order valence-corrected chi connectivity index (χ1v) is 6.75. The van der Waals surface area contributed by atoms with Crippen molar-refractivity contribution in [3.63, 3.8) is 0 Å². The molecule has 1 aromatic rings. The van der Waals surface area contributed by atoms with Crippen molar-refractivity contribution >= 4 is 5.78 Å². The van der Waals surface area contributed by atoms with Crippen molar-refractivity contribution in [3.8, 4) is 0 Å². The average molecular weight is 267 g/mol. The van der Waals surface area contributed by atoms with E-state index in [1.165, 1.54) is 0 Å². The van der Waals surface area contributed by atoms with Crippen LogP contribution in [0.15, 0.2) is 6.07 Å². The van der Waals surface area contributed by atoms with Gasteiger partial charge in [0.15, 0.2) is 5.78 Å². The van der Waals surface area contributed by atoms with Crippen LogP contribution in [0, 0.1) is 19.8 Å². The summed E-state index contributed by atoms with van der Waals surface area (Å²) in [5.41, 5.74) is 2.83. The smallest absolute Gasteiger partial charge is 0.190 e. The highest BCUT2D eigenvalue weighted by atomic mass is 16.5. The van der Waals surface area contributed by atoms with E-state index in [4.69, 9.17) is 9.47 Å². The molecular weight excluding hydrogens is 242 g/mol. The summed E-state index contributed by atoms with van der Waals surface area (Å²) >= 11 is 0. The number of nitrogens with zero attached hydrogens (tertiary/aromatic N) is 1. The van der Waals surface area contributed by atoms with Crippen LogP contribution in [0.1, 0.15) is 35.6 Å². The Balaban J connectivity index is 2.30. The maximum absolute atomic E-state index is 12.0. The number of aryl methyl sites for hydroxylation is 1. The third-order valence-corrected chi connectivity index (χ3v) is 3.13. The Morgan fingerprint density at radius 2 is 1.89 bits per heavy atom. The van der Waals surface area contributed by atoms with Crippen LogP contribution in [0.5, 0.6) is 0 Å². The van der Waals surface area contributed by atoms with Crippen LogP contribution in [-0.2, 0) is 16.5 Å². The van der Waals surface area contributed by atoms with Gasteiger partial charge in [-0.1, -0.05) is 13.8 Å². The number of carbonyl (C=O) groups excluding carboxylic acids is 1. The normalized spacial score (nSPS) is 11.3. The van der Waals surface area contributed by atoms with E-state index in [2.05, 4.69) is 13.8 Å². The lowest BCUT2D eigenvalue weighted by molar-refractivity contribution is 0.0363. The molecule has 0 aliphatic heterocycles. The molecule has 19 heavy (non-hydrogen) atoms. The standard InChI is InChI=1S/C15H25NO3/c1-11(2)9-18-6-7-19-10-15(17)14-8-12(3)16(5)13(14)4/h8,11H,6-7,9-10H2,1-5H3. The highest BCUT2D eigenvalue weighted by Gasteiger charge is 2.13. The fourth-order valence-electron chi connectivity index (χ4n) is 1.82. The van der Waals surface area contributed by atoms with Gasteiger partial charge in [-0.05, 0) is 25.8 Å². The fourth-order valence-corrected chi connectivity index (χ4v) is 1.82. The van der Waals surface area contributed by atoms with Gasteiger partial charge in [-0.2, -0.15) is 0 Å². The minimum absolute atomic E-state index is 0.0325. The molecule has 1 rings (SSSR count). The Hall–Kier alpha value is -1.13. The molecule has 0 unspecified atom stereocenters. The topological polar surface area (TPSA) is 40.5 Å². The van der Waals surface area contributed by atoms with Crippen molar-refractivity contribution < 1.29 is 14.3 Å². The maximum Gasteiger partial charge on any atom is 0.190 e. The summed E-state index contributed by atoms with van der Waals surface area (Å²) < 4.78 is 12.8. The Kier molecular flexibility index (Phi) is 6.25. The molecule has 1 heterocycles. The third kappa shape index (κ3) is 4.80. The van der Waals surface area contributed by atoms with Crippen LogP contribution in [0.4, 0.5) is 0 Å². The monoisotopic (exact) mass is 267 g/mol. The van der Waals surface area contributed by atoms with Crippen LogP contribution in [0.2, 0.25) is 0 Å². The van der Waals surface area contributed by atoms with Gasteiger partial charge in [-0.25, -0.2) is 0 Å². The summed E-state index contributed by atoms with van der Waals surface area (Å²) in [7, 11) is 1.96. The summed E-state index contributed by atoms with van der Waals surface area (Å²) in [6.45, 7) is 10.00. The zero-order valence-corrected chi connectivity index (χ0v) is 12.7. The molecule has 0 N–H and O–H groups in total. The van der Waals surface area contributed by atoms with Gasteiger partial charge in [0, 0.05) is 30.6 Å². The van der Waals surface area contributed by atoms with Crippen molar-refractivity contribution in [1.29, 1.82) is 0 Å². The first-order valence-electron chi connectivity index (χ1n) is 6.75. The number of Topliss-reactive ketones (excluding diaryl/α,β-unsaturated/α-hetero) is 1. The molecule has 0 atom stereocenters. The summed E-state index contributed by atoms with van der Waals surface area (Å²) in [4.78, 5) is 12.0. The van der Waals surface area contributed by atoms with Crippen LogP contribution in [0.25, 0.3) is 0 Å². The van der Waals surface area contributed by atoms with Crippen LogP contribution >= 0.6 is 0 Å². The van der Waals surface area contributed by atoms with Gasteiger partial charge in [-0.15, -0.1) is 0 Å². The molecule has 0 aliphatic rings. The van der Waals surface area contributed by atoms with Crippen molar-refractivity contribution in [3.05, 3.63) is 23.0 Å². The second-order valence-electron chi connectivity index (χ2n) is 5.29. The lowest BCUT2D eigenvalue weighted by Crippen LogP contribution is -2.14. The van der Waals surface area contributed by atoms with E-state index in [1.807, 2.05) is 31.5 Å². The lowest BCUT2D eigenvalue weighted by atomic mass is 10.1. The highest BCUT2D eigenvalue weighted by Crippen LogP contribution is 2.13. The molecule has 1 aromatic heterocycles. The Bertz CT molecular complexity index is 421. The zero-order valence-electron chi connectivity index (χ0n) is 12.7. The number of aromatic nitrogens is 1. The molecule has 0 saturated heterocycles. The summed E-state index contributed by atoms with van der Waals surface area (Å²) in [6.07, 6.45) is 0. The van der Waals surface area contributed by atoms with Gasteiger partial charge in [0.1, 0.15) is 6.61 Å². The molecule has 0 spiro atoms. The van der Waals surface area contributed by atoms with E-state index in [1.54, 1.807) is 0 Å². The highest BCUT2D eigenvalue weighted by molar-refractivity contribution is 5.98. The van der Waals surface area contributed by atoms with Crippen molar-refractivity contribution in [2.75, 3.05) is 26.4 Å². The summed E-state index contributed by atoms with van der Waals surface area (Å²) in [5, 5.41) is 0. The molecule has 0 bridgehead atoms. The van der Waals surface area contributed by atoms with Crippen molar-refractivity contribution in [1.82, 2.24) is 4.57 Å². The van der Waals surface area contributed by atoms with Crippen LogP contribution in [-0.4, -0.2) is 36.8 Å². The zero-order chi connectivity index (χ0) is 14.4. The van der Waals surface area contributed by atoms with Gasteiger partial charge in [-0.3, -0.25) is 4.79 Å². The SMILES string of the molecule is Cc1cc(C(=O)COCCOCC(C)C)c(C)n1C. The van der Waals surface area contributed by atoms with Gasteiger partial charge in [0.05, 0.1) is 13.2 Å². The average Bonchev–Trinajstić information content (AvgIpc) is 2.61. The Morgan fingerprint density at radius 1 is 1.26 bits per heavy atom. The number of hydrogen-bond acceptors (Lipinski definition) is 3. The fraction of sp³-hybridized carbons (Fsp3) is 0.667. The first-order chi connectivity index (χ1) is 8.93. The maximum atomic E-state index is 12.0. The molecule has 0 aliphatic carbocycles. The van der Waals surface area contributed by atoms with Crippen LogP contribution < -0.4 is 0 Å². The third-order valence-electron chi connectivity index (χ3n) is 3.13. The van der Waals surface area contributed by atoms with E-state index in [0.29, 0.717) is 19.1 Å². The number of carbonyl (C=O) groups is 1. The molecule has 0 saturated carbocycles. The Labute approximate surface area is 115 Å². The van der Waals surface area contributed by atoms with Crippen molar-refractivity contribution in [2.24, 2.45) is 13.0 Å². The number of rotatable bonds is 8. The molecule has 4 heteroatoms. The summed E-state index contributed by atoms with van der Waals surface area (Å²) in [6, 6.07) is 1.91. The van der Waals surface area contributed by atoms with Gasteiger partial charge < -0.3 is 14.0 Å². The number of hydrogen-bond donors (Lipinski definition) is 0. The molecule has 0 amide bonds. The van der Waals surface area contributed by atoms with Gasteiger partial charge in [0.25, 0.3) is 0 Å². The van der Waals surface area contributed by atoms with Crippen molar-refractivity contribution in [2.45, 2.75) is 27.7 Å². The quantitative estimate of drug-likeness (QED) is 0.537. The molecular formula is C15H25NO3. The minimum Gasteiger partial charge on any atom is -0.379 e. The molecule has 0 fully saturated rings. The second kappa shape index (κ2) is 7.46. The second-order valence-corrected chi connectivity index (χ2v) is 5.29.